The third-order valence-corrected chi connectivity index (χ3v) is 5.93. The van der Waals surface area contributed by atoms with E-state index in [9.17, 15) is 18.8 Å². The molecule has 1 saturated carbocycles. The van der Waals surface area contributed by atoms with Crippen molar-refractivity contribution < 1.29 is 13.9 Å². The summed E-state index contributed by atoms with van der Waals surface area (Å²) >= 11 is 4.05. The molecule has 0 radical (unpaired) electrons. The number of carbonyl (C=O) groups is 1. The fraction of sp³-hybridized carbons (Fsp3) is 0.389. The lowest BCUT2D eigenvalue weighted by Gasteiger charge is -2.18. The fourth-order valence-electron chi connectivity index (χ4n) is 3.01. The van der Waals surface area contributed by atoms with Crippen molar-refractivity contribution in [3.63, 3.8) is 0 Å². The zero-order valence-electron chi connectivity index (χ0n) is 14.8. The molecular weight excluding hydrogens is 439 g/mol. The molecule has 0 unspecified atom stereocenters. The van der Waals surface area contributed by atoms with Crippen LogP contribution in [0.4, 0.5) is 9.18 Å². The highest BCUT2D eigenvalue weighted by Crippen LogP contribution is 2.40. The van der Waals surface area contributed by atoms with Gasteiger partial charge in [0.25, 0.3) is 5.56 Å². The van der Waals surface area contributed by atoms with E-state index in [1.807, 2.05) is 4.57 Å². The van der Waals surface area contributed by atoms with E-state index in [4.69, 9.17) is 4.74 Å². The quantitative estimate of drug-likeness (QED) is 0.546. The summed E-state index contributed by atoms with van der Waals surface area (Å²) in [5.41, 5.74) is -1.54. The highest BCUT2D eigenvalue weighted by atomic mass is 79.9. The molecule has 1 aliphatic rings. The van der Waals surface area contributed by atoms with E-state index in [1.54, 1.807) is 26.8 Å². The summed E-state index contributed by atoms with van der Waals surface area (Å²) < 4.78 is 22.3. The Hall–Kier alpha value is -2.00. The third kappa shape index (κ3) is 3.02. The van der Waals surface area contributed by atoms with E-state index in [0.29, 0.717) is 10.3 Å². The summed E-state index contributed by atoms with van der Waals surface area (Å²) in [4.78, 5) is 38.6. The maximum atomic E-state index is 14.0. The Labute approximate surface area is 165 Å². The average Bonchev–Trinajstić information content (AvgIpc) is 3.31. The standard InChI is InChI=1S/C18H16BrFN2O4S/c1-18(2,3)26-17(25)22-15(24)13-14(23)9-6-11(20)10(19)7-12(9)21(8-4-5-8)16(13)27-22/h6-8H,4-5H2,1-3H3. The van der Waals surface area contributed by atoms with Crippen LogP contribution in [-0.2, 0) is 4.74 Å². The van der Waals surface area contributed by atoms with E-state index in [0.717, 1.165) is 34.4 Å². The van der Waals surface area contributed by atoms with Crippen molar-refractivity contribution in [2.24, 2.45) is 0 Å². The highest BCUT2D eigenvalue weighted by molar-refractivity contribution is 9.10. The SMILES string of the molecule is CC(C)(C)OC(=O)n1sc2c(c(=O)c3cc(F)c(Br)cc3n2C2CC2)c1=O. The molecule has 1 aromatic carbocycles. The van der Waals surface area contributed by atoms with Gasteiger partial charge in [0, 0.05) is 11.4 Å². The van der Waals surface area contributed by atoms with Crippen molar-refractivity contribution in [3.8, 4) is 0 Å². The number of hydrogen-bond acceptors (Lipinski definition) is 5. The molecule has 27 heavy (non-hydrogen) atoms. The maximum absolute atomic E-state index is 14.0. The molecule has 0 amide bonds. The molecule has 0 aliphatic heterocycles. The molecule has 4 rings (SSSR count). The molecule has 6 nitrogen and oxygen atoms in total. The van der Waals surface area contributed by atoms with Crippen LogP contribution in [0, 0.1) is 5.82 Å². The van der Waals surface area contributed by atoms with Gasteiger partial charge in [-0.05, 0) is 73.2 Å². The molecule has 2 heterocycles. The second-order valence-electron chi connectivity index (χ2n) is 7.57. The molecular formula is C18H16BrFN2O4S. The smallest absolute Gasteiger partial charge is 0.431 e. The number of pyridine rings is 1. The average molecular weight is 455 g/mol. The summed E-state index contributed by atoms with van der Waals surface area (Å²) in [5, 5.41) is 0.0216. The second kappa shape index (κ2) is 6.00. The largest absolute Gasteiger partial charge is 0.443 e. The number of ether oxygens (including phenoxy) is 1. The molecule has 9 heteroatoms. The van der Waals surface area contributed by atoms with Crippen molar-refractivity contribution in [3.05, 3.63) is 43.0 Å². The Kier molecular flexibility index (Phi) is 4.08. The van der Waals surface area contributed by atoms with Crippen LogP contribution in [0.25, 0.3) is 21.1 Å². The molecule has 142 valence electrons. The number of halogens is 2. The first-order chi connectivity index (χ1) is 12.6. The summed E-state index contributed by atoms with van der Waals surface area (Å²) in [7, 11) is 0. The van der Waals surface area contributed by atoms with Crippen LogP contribution >= 0.6 is 27.5 Å². The third-order valence-electron chi connectivity index (χ3n) is 4.25. The number of carbonyl (C=O) groups excluding carboxylic acids is 1. The molecule has 1 fully saturated rings. The molecule has 1 aliphatic carbocycles. The lowest BCUT2D eigenvalue weighted by molar-refractivity contribution is 0.0550. The Morgan fingerprint density at radius 3 is 2.56 bits per heavy atom. The van der Waals surface area contributed by atoms with E-state index < -0.39 is 28.5 Å². The number of aromatic nitrogens is 2. The van der Waals surface area contributed by atoms with Crippen LogP contribution in [0.15, 0.2) is 26.2 Å². The highest BCUT2D eigenvalue weighted by Gasteiger charge is 2.31. The Morgan fingerprint density at radius 1 is 1.30 bits per heavy atom. The fourth-order valence-corrected chi connectivity index (χ4v) is 4.40. The predicted octanol–water partition coefficient (Wildman–Crippen LogP) is 4.40. The Balaban J connectivity index is 2.09. The minimum absolute atomic E-state index is 0.105. The van der Waals surface area contributed by atoms with Gasteiger partial charge in [0.2, 0.25) is 5.43 Å². The summed E-state index contributed by atoms with van der Waals surface area (Å²) in [6.07, 6.45) is 0.952. The van der Waals surface area contributed by atoms with Crippen molar-refractivity contribution >= 4 is 54.7 Å². The molecule has 0 atom stereocenters. The van der Waals surface area contributed by atoms with Gasteiger partial charge in [0.05, 0.1) is 9.99 Å². The molecule has 2 aromatic heterocycles. The van der Waals surface area contributed by atoms with Crippen LogP contribution < -0.4 is 11.0 Å². The topological polar surface area (TPSA) is 70.3 Å². The van der Waals surface area contributed by atoms with E-state index in [2.05, 4.69) is 15.9 Å². The molecule has 3 aromatic rings. The lowest BCUT2D eigenvalue weighted by atomic mass is 10.1. The summed E-state index contributed by atoms with van der Waals surface area (Å²) in [5.74, 6) is -0.580. The van der Waals surface area contributed by atoms with Gasteiger partial charge in [-0.3, -0.25) is 9.59 Å². The zero-order valence-corrected chi connectivity index (χ0v) is 17.2. The first-order valence-electron chi connectivity index (χ1n) is 8.41. The van der Waals surface area contributed by atoms with Crippen LogP contribution in [0.1, 0.15) is 39.7 Å². The number of benzene rings is 1. The Bertz CT molecular complexity index is 1230. The van der Waals surface area contributed by atoms with E-state index >= 15 is 0 Å². The normalized spacial score (nSPS) is 14.9. The van der Waals surface area contributed by atoms with Gasteiger partial charge in [-0.25, -0.2) is 9.18 Å². The van der Waals surface area contributed by atoms with Gasteiger partial charge >= 0.3 is 6.09 Å². The van der Waals surface area contributed by atoms with Gasteiger partial charge in [0.15, 0.2) is 0 Å². The van der Waals surface area contributed by atoms with Crippen molar-refractivity contribution in [1.29, 1.82) is 0 Å². The summed E-state index contributed by atoms with van der Waals surface area (Å²) in [6, 6.07) is 2.79. The number of nitrogens with zero attached hydrogens (tertiary/aromatic N) is 2. The number of hydrogen-bond donors (Lipinski definition) is 0. The first-order valence-corrected chi connectivity index (χ1v) is 9.98. The van der Waals surface area contributed by atoms with Gasteiger partial charge in [-0.1, -0.05) is 0 Å². The first kappa shape index (κ1) is 18.4. The van der Waals surface area contributed by atoms with E-state index in [-0.39, 0.29) is 21.3 Å². The Morgan fingerprint density at radius 2 is 1.96 bits per heavy atom. The molecule has 0 N–H and O–H groups in total. The second-order valence-corrected chi connectivity index (χ2v) is 9.35. The maximum Gasteiger partial charge on any atom is 0.431 e. The minimum atomic E-state index is -0.827. The van der Waals surface area contributed by atoms with Gasteiger partial charge in [0.1, 0.15) is 21.6 Å². The molecule has 0 saturated heterocycles. The monoisotopic (exact) mass is 454 g/mol. The molecule has 0 bridgehead atoms. The van der Waals surface area contributed by atoms with Crippen molar-refractivity contribution in [1.82, 2.24) is 8.52 Å². The van der Waals surface area contributed by atoms with Gasteiger partial charge < -0.3 is 9.30 Å². The van der Waals surface area contributed by atoms with Crippen LogP contribution in [-0.4, -0.2) is 20.2 Å². The van der Waals surface area contributed by atoms with Crippen LogP contribution in [0.5, 0.6) is 0 Å². The predicted molar refractivity (Wildman–Crippen MR) is 105 cm³/mol. The molecule has 0 spiro atoms. The van der Waals surface area contributed by atoms with Crippen LogP contribution in [0.3, 0.4) is 0 Å². The van der Waals surface area contributed by atoms with Gasteiger partial charge in [-0.2, -0.15) is 3.96 Å². The number of rotatable bonds is 1. The van der Waals surface area contributed by atoms with E-state index in [1.165, 1.54) is 0 Å². The zero-order chi connectivity index (χ0) is 19.7. The summed E-state index contributed by atoms with van der Waals surface area (Å²) in [6.45, 7) is 5.09. The number of fused-ring (bicyclic) bond motifs is 2. The van der Waals surface area contributed by atoms with Crippen molar-refractivity contribution in [2.75, 3.05) is 0 Å². The lowest BCUT2D eigenvalue weighted by Crippen LogP contribution is -2.31. The van der Waals surface area contributed by atoms with Crippen LogP contribution in [0.2, 0.25) is 0 Å². The minimum Gasteiger partial charge on any atom is -0.443 e. The van der Waals surface area contributed by atoms with Crippen molar-refractivity contribution in [2.45, 2.75) is 45.3 Å². The van der Waals surface area contributed by atoms with Gasteiger partial charge in [-0.15, -0.1) is 0 Å².